The van der Waals surface area contributed by atoms with E-state index in [4.69, 9.17) is 9.47 Å². The van der Waals surface area contributed by atoms with Crippen molar-refractivity contribution in [2.45, 2.75) is 24.1 Å². The predicted octanol–water partition coefficient (Wildman–Crippen LogP) is 3.52. The average Bonchev–Trinajstić information content (AvgIpc) is 2.98. The minimum atomic E-state index is -0.207. The molecule has 2 heterocycles. The summed E-state index contributed by atoms with van der Waals surface area (Å²) in [7, 11) is 0. The van der Waals surface area contributed by atoms with Crippen LogP contribution in [0.2, 0.25) is 0 Å². The zero-order chi connectivity index (χ0) is 15.7. The van der Waals surface area contributed by atoms with Gasteiger partial charge in [-0.3, -0.25) is 4.79 Å². The Morgan fingerprint density at radius 2 is 2.13 bits per heavy atom. The predicted molar refractivity (Wildman–Crippen MR) is 92.1 cm³/mol. The van der Waals surface area contributed by atoms with Gasteiger partial charge in [-0.15, -0.1) is 23.1 Å². The molecule has 4 rings (SSSR count). The molecule has 0 unspecified atom stereocenters. The molecule has 1 aliphatic carbocycles. The fourth-order valence-electron chi connectivity index (χ4n) is 2.75. The Morgan fingerprint density at radius 3 is 2.91 bits per heavy atom. The summed E-state index contributed by atoms with van der Waals surface area (Å²) < 4.78 is 10.8. The monoisotopic (exact) mass is 347 g/mol. The van der Waals surface area contributed by atoms with E-state index in [2.05, 4.69) is 16.8 Å². The SMILES string of the molecule is O=C(CSCc1cccs1)NC1(c2ccc3c(c2)OCO3)CC1. The number of thiophene rings is 1. The number of nitrogens with one attached hydrogen (secondary N) is 1. The summed E-state index contributed by atoms with van der Waals surface area (Å²) >= 11 is 3.39. The molecule has 4 nitrogen and oxygen atoms in total. The van der Waals surface area contributed by atoms with Gasteiger partial charge in [-0.05, 0) is 42.0 Å². The van der Waals surface area contributed by atoms with E-state index >= 15 is 0 Å². The van der Waals surface area contributed by atoms with Crippen molar-refractivity contribution in [2.75, 3.05) is 12.5 Å². The second kappa shape index (κ2) is 6.09. The molecule has 0 radical (unpaired) electrons. The van der Waals surface area contributed by atoms with Crippen LogP contribution in [0.5, 0.6) is 11.5 Å². The quantitative estimate of drug-likeness (QED) is 0.869. The van der Waals surface area contributed by atoms with Crippen molar-refractivity contribution in [3.05, 3.63) is 46.2 Å². The smallest absolute Gasteiger partial charge is 0.231 e. The summed E-state index contributed by atoms with van der Waals surface area (Å²) in [4.78, 5) is 13.6. The van der Waals surface area contributed by atoms with E-state index in [1.165, 1.54) is 4.88 Å². The van der Waals surface area contributed by atoms with Crippen LogP contribution < -0.4 is 14.8 Å². The van der Waals surface area contributed by atoms with E-state index in [9.17, 15) is 4.79 Å². The number of thioether (sulfide) groups is 1. The van der Waals surface area contributed by atoms with Crippen LogP contribution >= 0.6 is 23.1 Å². The molecule has 2 aromatic rings. The van der Waals surface area contributed by atoms with Crippen LogP contribution in [0.25, 0.3) is 0 Å². The van der Waals surface area contributed by atoms with Crippen molar-refractivity contribution in [2.24, 2.45) is 0 Å². The molecule has 1 fully saturated rings. The van der Waals surface area contributed by atoms with Gasteiger partial charge in [0.1, 0.15) is 0 Å². The van der Waals surface area contributed by atoms with Crippen LogP contribution in [0.3, 0.4) is 0 Å². The fraction of sp³-hybridized carbons (Fsp3) is 0.353. The Balaban J connectivity index is 1.35. The number of ether oxygens (including phenoxy) is 2. The molecule has 120 valence electrons. The largest absolute Gasteiger partial charge is 0.454 e. The maximum atomic E-state index is 12.2. The number of amides is 1. The van der Waals surface area contributed by atoms with Gasteiger partial charge >= 0.3 is 0 Å². The molecule has 1 aromatic carbocycles. The maximum Gasteiger partial charge on any atom is 0.231 e. The molecule has 23 heavy (non-hydrogen) atoms. The highest BCUT2D eigenvalue weighted by Crippen LogP contribution is 2.48. The van der Waals surface area contributed by atoms with Gasteiger partial charge in [-0.25, -0.2) is 0 Å². The number of benzene rings is 1. The third-order valence-electron chi connectivity index (χ3n) is 4.11. The highest BCUT2D eigenvalue weighted by molar-refractivity contribution is 7.99. The zero-order valence-electron chi connectivity index (χ0n) is 12.5. The van der Waals surface area contributed by atoms with Crippen LogP contribution in [-0.4, -0.2) is 18.5 Å². The molecule has 1 saturated carbocycles. The first-order chi connectivity index (χ1) is 11.3. The Morgan fingerprint density at radius 1 is 1.26 bits per heavy atom. The van der Waals surface area contributed by atoms with Crippen LogP contribution in [-0.2, 0) is 16.1 Å². The van der Waals surface area contributed by atoms with Gasteiger partial charge in [0.25, 0.3) is 0 Å². The average molecular weight is 347 g/mol. The van der Waals surface area contributed by atoms with Gasteiger partial charge < -0.3 is 14.8 Å². The van der Waals surface area contributed by atoms with E-state index < -0.39 is 0 Å². The third-order valence-corrected chi connectivity index (χ3v) is 6.15. The number of rotatable bonds is 6. The van der Waals surface area contributed by atoms with E-state index in [-0.39, 0.29) is 18.2 Å². The van der Waals surface area contributed by atoms with Crippen molar-refractivity contribution < 1.29 is 14.3 Å². The normalized spacial score (nSPS) is 17.0. The summed E-state index contributed by atoms with van der Waals surface area (Å²) in [6.07, 6.45) is 1.96. The summed E-state index contributed by atoms with van der Waals surface area (Å²) in [6, 6.07) is 10.1. The first kappa shape index (κ1) is 14.9. The van der Waals surface area contributed by atoms with Gasteiger partial charge in [-0.2, -0.15) is 0 Å². The van der Waals surface area contributed by atoms with Crippen molar-refractivity contribution >= 4 is 29.0 Å². The lowest BCUT2D eigenvalue weighted by Crippen LogP contribution is -2.36. The van der Waals surface area contributed by atoms with Crippen molar-refractivity contribution in [1.82, 2.24) is 5.32 Å². The van der Waals surface area contributed by atoms with Gasteiger partial charge in [-0.1, -0.05) is 12.1 Å². The number of hydrogen-bond acceptors (Lipinski definition) is 5. The number of carbonyl (C=O) groups excluding carboxylic acids is 1. The summed E-state index contributed by atoms with van der Waals surface area (Å²) in [6.45, 7) is 0.275. The molecule has 0 saturated heterocycles. The fourth-order valence-corrected chi connectivity index (χ4v) is 4.42. The Labute approximate surface area is 143 Å². The molecule has 0 bridgehead atoms. The summed E-state index contributed by atoms with van der Waals surface area (Å²) in [5, 5.41) is 5.27. The van der Waals surface area contributed by atoms with E-state index in [1.807, 2.05) is 24.3 Å². The Hall–Kier alpha value is -1.66. The van der Waals surface area contributed by atoms with Crippen LogP contribution in [0.15, 0.2) is 35.7 Å². The van der Waals surface area contributed by atoms with Crippen LogP contribution in [0.1, 0.15) is 23.3 Å². The molecular weight excluding hydrogens is 330 g/mol. The second-order valence-corrected chi connectivity index (χ2v) is 7.79. The van der Waals surface area contributed by atoms with E-state index in [1.54, 1.807) is 23.1 Å². The molecule has 2 aliphatic rings. The van der Waals surface area contributed by atoms with E-state index in [0.717, 1.165) is 35.7 Å². The highest BCUT2D eigenvalue weighted by atomic mass is 32.2. The van der Waals surface area contributed by atoms with Gasteiger partial charge in [0.15, 0.2) is 11.5 Å². The molecule has 0 spiro atoms. The zero-order valence-corrected chi connectivity index (χ0v) is 14.2. The van der Waals surface area contributed by atoms with Crippen LogP contribution in [0.4, 0.5) is 0 Å². The molecular formula is C17H17NO3S2. The number of carbonyl (C=O) groups is 1. The molecule has 1 aromatic heterocycles. The van der Waals surface area contributed by atoms with Gasteiger partial charge in [0.05, 0.1) is 11.3 Å². The van der Waals surface area contributed by atoms with Gasteiger partial charge in [0, 0.05) is 10.6 Å². The molecule has 1 amide bonds. The summed E-state index contributed by atoms with van der Waals surface area (Å²) in [5.41, 5.74) is 0.903. The minimum absolute atomic E-state index is 0.0988. The molecule has 1 aliphatic heterocycles. The maximum absolute atomic E-state index is 12.2. The topological polar surface area (TPSA) is 47.6 Å². The van der Waals surface area contributed by atoms with E-state index in [0.29, 0.717) is 5.75 Å². The first-order valence-electron chi connectivity index (χ1n) is 7.56. The highest BCUT2D eigenvalue weighted by Gasteiger charge is 2.46. The lowest BCUT2D eigenvalue weighted by molar-refractivity contribution is -0.119. The summed E-state index contributed by atoms with van der Waals surface area (Å²) in [5.74, 6) is 3.03. The second-order valence-electron chi connectivity index (χ2n) is 5.77. The lowest BCUT2D eigenvalue weighted by Gasteiger charge is -2.18. The Kier molecular flexibility index (Phi) is 3.95. The lowest BCUT2D eigenvalue weighted by atomic mass is 10.0. The van der Waals surface area contributed by atoms with Crippen molar-refractivity contribution in [1.29, 1.82) is 0 Å². The molecule has 6 heteroatoms. The standard InChI is InChI=1S/C17H17NO3S2/c19-16(10-22-9-13-2-1-7-23-13)18-17(5-6-17)12-3-4-14-15(8-12)21-11-20-14/h1-4,7-8H,5-6,9-11H2,(H,18,19). The van der Waals surface area contributed by atoms with Crippen molar-refractivity contribution in [3.63, 3.8) is 0 Å². The molecule has 1 N–H and O–H groups in total. The minimum Gasteiger partial charge on any atom is -0.454 e. The number of hydrogen-bond donors (Lipinski definition) is 1. The van der Waals surface area contributed by atoms with Crippen LogP contribution in [0, 0.1) is 0 Å². The molecule has 0 atom stereocenters. The Bertz CT molecular complexity index is 711. The third kappa shape index (κ3) is 3.19. The van der Waals surface area contributed by atoms with Gasteiger partial charge in [0.2, 0.25) is 12.7 Å². The van der Waals surface area contributed by atoms with Crippen molar-refractivity contribution in [3.8, 4) is 11.5 Å². The number of fused-ring (bicyclic) bond motifs is 1. The first-order valence-corrected chi connectivity index (χ1v) is 9.60.